The lowest BCUT2D eigenvalue weighted by atomic mass is 9.88. The molecule has 2 aromatic heterocycles. The molecule has 3 rings (SSSR count). The van der Waals surface area contributed by atoms with E-state index in [1.165, 1.54) is 6.33 Å². The molecule has 6 nitrogen and oxygen atoms in total. The van der Waals surface area contributed by atoms with Gasteiger partial charge in [0.15, 0.2) is 5.65 Å². The third-order valence-electron chi connectivity index (χ3n) is 3.52. The van der Waals surface area contributed by atoms with E-state index >= 15 is 0 Å². The first-order valence-corrected chi connectivity index (χ1v) is 6.28. The number of rotatable bonds is 3. The first kappa shape index (κ1) is 11.4. The molecule has 0 radical (unpaired) electrons. The van der Waals surface area contributed by atoms with Crippen molar-refractivity contribution in [2.75, 3.05) is 6.61 Å². The van der Waals surface area contributed by atoms with Crippen molar-refractivity contribution in [2.45, 2.75) is 31.8 Å². The van der Waals surface area contributed by atoms with Gasteiger partial charge in [-0.25, -0.2) is 9.97 Å². The number of hydrogen-bond acceptors (Lipinski definition) is 5. The molecule has 1 aliphatic rings. The molecule has 1 aliphatic carbocycles. The Labute approximate surface area is 104 Å². The zero-order chi connectivity index (χ0) is 12.4. The van der Waals surface area contributed by atoms with Crippen molar-refractivity contribution >= 4 is 11.2 Å². The van der Waals surface area contributed by atoms with Gasteiger partial charge in [0.05, 0.1) is 6.33 Å². The summed E-state index contributed by atoms with van der Waals surface area (Å²) in [6, 6.07) is 0. The monoisotopic (exact) mass is 248 g/mol. The smallest absolute Gasteiger partial charge is 0.243 e. The van der Waals surface area contributed by atoms with Gasteiger partial charge in [-0.2, -0.15) is 4.98 Å². The first-order chi connectivity index (χ1) is 8.86. The molecule has 0 unspecified atom stereocenters. The summed E-state index contributed by atoms with van der Waals surface area (Å²) >= 11 is 0. The minimum Gasteiger partial charge on any atom is -0.473 e. The number of H-pyrrole nitrogens is 1. The van der Waals surface area contributed by atoms with E-state index in [1.807, 2.05) is 0 Å². The van der Waals surface area contributed by atoms with Crippen LogP contribution >= 0.6 is 0 Å². The number of imidazole rings is 1. The minimum absolute atomic E-state index is 0.175. The van der Waals surface area contributed by atoms with Crippen LogP contribution in [0.5, 0.6) is 5.88 Å². The Morgan fingerprint density at radius 3 is 2.83 bits per heavy atom. The number of aliphatic hydroxyl groups excluding tert-OH is 1. The quantitative estimate of drug-likeness (QED) is 0.854. The van der Waals surface area contributed by atoms with E-state index < -0.39 is 0 Å². The third-order valence-corrected chi connectivity index (χ3v) is 3.52. The van der Waals surface area contributed by atoms with Crippen LogP contribution in [-0.2, 0) is 0 Å². The van der Waals surface area contributed by atoms with Crippen molar-refractivity contribution in [3.63, 3.8) is 0 Å². The first-order valence-electron chi connectivity index (χ1n) is 6.28. The van der Waals surface area contributed by atoms with Crippen molar-refractivity contribution in [1.82, 2.24) is 19.9 Å². The number of hydrogen-bond donors (Lipinski definition) is 2. The van der Waals surface area contributed by atoms with Gasteiger partial charge in [0.1, 0.15) is 17.9 Å². The van der Waals surface area contributed by atoms with Crippen molar-refractivity contribution in [3.05, 3.63) is 12.7 Å². The molecule has 2 N–H and O–H groups in total. The van der Waals surface area contributed by atoms with E-state index in [0.29, 0.717) is 17.4 Å². The Hall–Kier alpha value is -1.69. The molecule has 1 fully saturated rings. The van der Waals surface area contributed by atoms with E-state index in [9.17, 15) is 0 Å². The lowest BCUT2D eigenvalue weighted by Gasteiger charge is -2.27. The predicted octanol–water partition coefficient (Wildman–Crippen LogP) is 1.28. The second-order valence-corrected chi connectivity index (χ2v) is 4.72. The van der Waals surface area contributed by atoms with Gasteiger partial charge in [0.25, 0.3) is 0 Å². The molecule has 2 aromatic rings. The molecule has 96 valence electrons. The van der Waals surface area contributed by atoms with E-state index in [2.05, 4.69) is 19.9 Å². The summed E-state index contributed by atoms with van der Waals surface area (Å²) in [5, 5.41) is 9.11. The number of aliphatic hydroxyl groups is 1. The lowest BCUT2D eigenvalue weighted by molar-refractivity contribution is 0.102. The van der Waals surface area contributed by atoms with Gasteiger partial charge < -0.3 is 14.8 Å². The topological polar surface area (TPSA) is 83.9 Å². The Kier molecular flexibility index (Phi) is 3.10. The van der Waals surface area contributed by atoms with Crippen LogP contribution in [0.4, 0.5) is 0 Å². The van der Waals surface area contributed by atoms with Crippen LogP contribution in [0.3, 0.4) is 0 Å². The number of nitrogens with one attached hydrogen (secondary N) is 1. The molecule has 18 heavy (non-hydrogen) atoms. The fourth-order valence-corrected chi connectivity index (χ4v) is 2.42. The standard InChI is InChI=1S/C12H16N4O2/c17-5-8-1-3-9(4-2-8)18-12-10-11(14-6-13-10)15-7-16-12/h6-9,17H,1-5H2,(H,13,14,15,16). The van der Waals surface area contributed by atoms with Crippen LogP contribution in [0.25, 0.3) is 11.2 Å². The molecule has 0 saturated heterocycles. The maximum atomic E-state index is 9.11. The fraction of sp³-hybridized carbons (Fsp3) is 0.583. The summed E-state index contributed by atoms with van der Waals surface area (Å²) in [4.78, 5) is 15.3. The van der Waals surface area contributed by atoms with Crippen LogP contribution < -0.4 is 4.74 Å². The molecule has 0 aliphatic heterocycles. The number of ether oxygens (including phenoxy) is 1. The normalized spacial score (nSPS) is 24.3. The van der Waals surface area contributed by atoms with E-state index in [1.54, 1.807) is 6.33 Å². The van der Waals surface area contributed by atoms with Gasteiger partial charge in [-0.1, -0.05) is 0 Å². The van der Waals surface area contributed by atoms with Gasteiger partial charge in [-0.05, 0) is 31.6 Å². The zero-order valence-corrected chi connectivity index (χ0v) is 10.0. The molecule has 0 spiro atoms. The maximum absolute atomic E-state index is 9.11. The highest BCUT2D eigenvalue weighted by Crippen LogP contribution is 2.28. The number of fused-ring (bicyclic) bond motifs is 1. The third kappa shape index (κ3) is 2.15. The summed E-state index contributed by atoms with van der Waals surface area (Å²) in [7, 11) is 0. The highest BCUT2D eigenvalue weighted by Gasteiger charge is 2.23. The van der Waals surface area contributed by atoms with Crippen molar-refractivity contribution < 1.29 is 9.84 Å². The van der Waals surface area contributed by atoms with Crippen LogP contribution in [0, 0.1) is 5.92 Å². The summed E-state index contributed by atoms with van der Waals surface area (Å²) < 4.78 is 5.92. The Morgan fingerprint density at radius 1 is 1.22 bits per heavy atom. The van der Waals surface area contributed by atoms with E-state index in [4.69, 9.17) is 9.84 Å². The Balaban J connectivity index is 1.71. The summed E-state index contributed by atoms with van der Waals surface area (Å²) in [5.74, 6) is 1.01. The Morgan fingerprint density at radius 2 is 2.06 bits per heavy atom. The van der Waals surface area contributed by atoms with Gasteiger partial charge in [-0.3, -0.25) is 0 Å². The number of nitrogens with zero attached hydrogens (tertiary/aromatic N) is 3. The molecule has 2 heterocycles. The van der Waals surface area contributed by atoms with Crippen LogP contribution in [0.1, 0.15) is 25.7 Å². The fourth-order valence-electron chi connectivity index (χ4n) is 2.42. The summed E-state index contributed by atoms with van der Waals surface area (Å²) in [6.07, 6.45) is 7.19. The van der Waals surface area contributed by atoms with Crippen LogP contribution in [0.2, 0.25) is 0 Å². The largest absolute Gasteiger partial charge is 0.473 e. The van der Waals surface area contributed by atoms with Gasteiger partial charge in [-0.15, -0.1) is 0 Å². The highest BCUT2D eigenvalue weighted by molar-refractivity contribution is 5.74. The van der Waals surface area contributed by atoms with Gasteiger partial charge in [0, 0.05) is 6.61 Å². The minimum atomic E-state index is 0.175. The Bertz CT molecular complexity index is 520. The summed E-state index contributed by atoms with van der Waals surface area (Å²) in [5.41, 5.74) is 1.38. The average molecular weight is 248 g/mol. The molecule has 0 amide bonds. The van der Waals surface area contributed by atoms with Gasteiger partial charge >= 0.3 is 0 Å². The van der Waals surface area contributed by atoms with Crippen LogP contribution in [0.15, 0.2) is 12.7 Å². The molecule has 0 aromatic carbocycles. The zero-order valence-electron chi connectivity index (χ0n) is 10.0. The van der Waals surface area contributed by atoms with Crippen molar-refractivity contribution in [2.24, 2.45) is 5.92 Å². The highest BCUT2D eigenvalue weighted by atomic mass is 16.5. The second-order valence-electron chi connectivity index (χ2n) is 4.72. The molecule has 0 bridgehead atoms. The SMILES string of the molecule is OCC1CCC(Oc2ncnc3nc[nH]c23)CC1. The number of aromatic amines is 1. The van der Waals surface area contributed by atoms with Crippen molar-refractivity contribution in [1.29, 1.82) is 0 Å². The van der Waals surface area contributed by atoms with E-state index in [-0.39, 0.29) is 12.7 Å². The number of aromatic nitrogens is 4. The molecule has 6 heteroatoms. The van der Waals surface area contributed by atoms with Crippen molar-refractivity contribution in [3.8, 4) is 5.88 Å². The van der Waals surface area contributed by atoms with E-state index in [0.717, 1.165) is 31.2 Å². The lowest BCUT2D eigenvalue weighted by Crippen LogP contribution is -2.26. The molecule has 1 saturated carbocycles. The maximum Gasteiger partial charge on any atom is 0.243 e. The molecule has 0 atom stereocenters. The molecular weight excluding hydrogens is 232 g/mol. The summed E-state index contributed by atoms with van der Waals surface area (Å²) in [6.45, 7) is 0.283. The second kappa shape index (κ2) is 4.89. The predicted molar refractivity (Wildman–Crippen MR) is 65.1 cm³/mol. The average Bonchev–Trinajstić information content (AvgIpc) is 2.89. The molecular formula is C12H16N4O2. The van der Waals surface area contributed by atoms with Crippen LogP contribution in [-0.4, -0.2) is 37.8 Å². The van der Waals surface area contributed by atoms with Gasteiger partial charge in [0.2, 0.25) is 5.88 Å².